The Morgan fingerprint density at radius 2 is 2.03 bits per heavy atom. The van der Waals surface area contributed by atoms with Crippen LogP contribution in [0, 0.1) is 17.1 Å². The molecule has 9 heteroatoms. The van der Waals surface area contributed by atoms with E-state index in [1.807, 2.05) is 33.8 Å². The molecule has 1 aromatic heterocycles. The number of pyridine rings is 1. The highest BCUT2D eigenvalue weighted by Gasteiger charge is 2.35. The molecule has 0 aliphatic carbocycles. The summed E-state index contributed by atoms with van der Waals surface area (Å²) in [6, 6.07) is 8.21. The predicted octanol–water partition coefficient (Wildman–Crippen LogP) is 3.39. The Morgan fingerprint density at radius 1 is 1.34 bits per heavy atom. The summed E-state index contributed by atoms with van der Waals surface area (Å²) in [4.78, 5) is 18.9. The summed E-state index contributed by atoms with van der Waals surface area (Å²) < 4.78 is 31.2. The van der Waals surface area contributed by atoms with E-state index < -0.39 is 21.6 Å². The number of nitriles is 1. The molecule has 170 valence electrons. The monoisotopic (exact) mass is 457 g/mol. The summed E-state index contributed by atoms with van der Waals surface area (Å²) in [7, 11) is -3.18. The van der Waals surface area contributed by atoms with Crippen LogP contribution in [0.1, 0.15) is 50.4 Å². The number of nitrogens with two attached hydrogens (primary N) is 1. The van der Waals surface area contributed by atoms with Gasteiger partial charge in [0.25, 0.3) is 5.91 Å². The fourth-order valence-corrected chi connectivity index (χ4v) is 5.15. The standard InChI is InChI=1S/C23H28FN5O2S/c1-14(2)20-8-17(24)9-21(16-5-6-27-18(7-16)11-25)22(20)10-23(30)28-32(26,31)19-12-29(13-19)15(3)4/h5-9,14-15,19H,10,12-13H2,1-4H3,(H2,26,28,30,31). The molecule has 1 atom stereocenters. The first-order chi connectivity index (χ1) is 15.0. The van der Waals surface area contributed by atoms with E-state index in [4.69, 9.17) is 5.14 Å². The van der Waals surface area contributed by atoms with E-state index in [1.54, 1.807) is 12.1 Å². The number of likely N-dealkylation sites (tertiary alicyclic amines) is 1. The Bertz CT molecular complexity index is 1190. The third kappa shape index (κ3) is 5.21. The molecule has 32 heavy (non-hydrogen) atoms. The van der Waals surface area contributed by atoms with Gasteiger partial charge in [-0.25, -0.2) is 18.7 Å². The minimum absolute atomic E-state index is 0.0713. The van der Waals surface area contributed by atoms with E-state index in [2.05, 4.69) is 14.2 Å². The van der Waals surface area contributed by atoms with Gasteiger partial charge in [0, 0.05) is 25.3 Å². The third-order valence-electron chi connectivity index (χ3n) is 5.71. The summed E-state index contributed by atoms with van der Waals surface area (Å²) in [6.07, 6.45) is 1.30. The molecule has 1 aliphatic rings. The van der Waals surface area contributed by atoms with Crippen molar-refractivity contribution in [3.8, 4) is 17.2 Å². The first-order valence-electron chi connectivity index (χ1n) is 10.5. The average Bonchev–Trinajstić information content (AvgIpc) is 2.66. The largest absolute Gasteiger partial charge is 0.298 e. The van der Waals surface area contributed by atoms with Crippen LogP contribution in [0.5, 0.6) is 0 Å². The molecule has 0 bridgehead atoms. The number of hydrogen-bond donors (Lipinski definition) is 1. The molecule has 7 nitrogen and oxygen atoms in total. The third-order valence-corrected chi connectivity index (χ3v) is 7.46. The van der Waals surface area contributed by atoms with Crippen molar-refractivity contribution >= 4 is 15.8 Å². The number of benzene rings is 1. The Hall–Kier alpha value is -2.67. The van der Waals surface area contributed by atoms with E-state index in [-0.39, 0.29) is 23.3 Å². The molecule has 2 N–H and O–H groups in total. The van der Waals surface area contributed by atoms with Crippen LogP contribution in [0.25, 0.3) is 11.1 Å². The second kappa shape index (κ2) is 9.45. The van der Waals surface area contributed by atoms with Crippen LogP contribution in [0.2, 0.25) is 0 Å². The maximum Gasteiger partial charge on any atom is 0.259 e. The summed E-state index contributed by atoms with van der Waals surface area (Å²) in [5.74, 6) is -1.12. The lowest BCUT2D eigenvalue weighted by atomic mass is 9.88. The van der Waals surface area contributed by atoms with Crippen molar-refractivity contribution in [1.82, 2.24) is 9.88 Å². The lowest BCUT2D eigenvalue weighted by molar-refractivity contribution is -0.117. The number of aromatic nitrogens is 1. The van der Waals surface area contributed by atoms with Crippen LogP contribution in [-0.4, -0.2) is 44.4 Å². The van der Waals surface area contributed by atoms with E-state index >= 15 is 0 Å². The fourth-order valence-electron chi connectivity index (χ4n) is 3.81. The predicted molar refractivity (Wildman–Crippen MR) is 122 cm³/mol. The number of carbonyl (C=O) groups excluding carboxylic acids is 1. The van der Waals surface area contributed by atoms with Crippen molar-refractivity contribution in [2.24, 2.45) is 9.50 Å². The van der Waals surface area contributed by atoms with Gasteiger partial charge < -0.3 is 0 Å². The number of nitrogens with zero attached hydrogens (tertiary/aromatic N) is 4. The lowest BCUT2D eigenvalue weighted by Gasteiger charge is -2.41. The van der Waals surface area contributed by atoms with Crippen LogP contribution in [0.15, 0.2) is 34.8 Å². The second-order valence-electron chi connectivity index (χ2n) is 8.66. The van der Waals surface area contributed by atoms with Crippen LogP contribution in [-0.2, 0) is 21.1 Å². The molecule has 1 unspecified atom stereocenters. The molecule has 1 amide bonds. The molecule has 2 heterocycles. The van der Waals surface area contributed by atoms with Crippen molar-refractivity contribution in [2.75, 3.05) is 13.1 Å². The average molecular weight is 458 g/mol. The fraction of sp³-hybridized carbons (Fsp3) is 0.435. The first-order valence-corrected chi connectivity index (χ1v) is 12.2. The quantitative estimate of drug-likeness (QED) is 0.714. The maximum atomic E-state index is 14.4. The topological polar surface area (TPSA) is 112 Å². The summed E-state index contributed by atoms with van der Waals surface area (Å²) >= 11 is 0. The van der Waals surface area contributed by atoms with Gasteiger partial charge in [0.1, 0.15) is 27.5 Å². The molecule has 0 saturated carbocycles. The summed E-state index contributed by atoms with van der Waals surface area (Å²) in [6.45, 7) is 8.96. The maximum absolute atomic E-state index is 14.4. The molecule has 2 aromatic rings. The zero-order chi connectivity index (χ0) is 23.6. The highest BCUT2D eigenvalue weighted by atomic mass is 32.2. The van der Waals surface area contributed by atoms with Gasteiger partial charge in [-0.2, -0.15) is 5.26 Å². The van der Waals surface area contributed by atoms with Gasteiger partial charge in [0.05, 0.1) is 11.7 Å². The molecule has 1 aliphatic heterocycles. The van der Waals surface area contributed by atoms with Gasteiger partial charge >= 0.3 is 0 Å². The van der Waals surface area contributed by atoms with Crippen molar-refractivity contribution in [3.05, 3.63) is 53.1 Å². The van der Waals surface area contributed by atoms with E-state index in [1.165, 1.54) is 18.3 Å². The van der Waals surface area contributed by atoms with Gasteiger partial charge in [0.2, 0.25) is 0 Å². The Morgan fingerprint density at radius 3 is 2.62 bits per heavy atom. The molecule has 0 spiro atoms. The van der Waals surface area contributed by atoms with Gasteiger partial charge in [-0.3, -0.25) is 9.69 Å². The summed E-state index contributed by atoms with van der Waals surface area (Å²) in [5, 5.41) is 14.8. The first kappa shape index (κ1) is 24.0. The van der Waals surface area contributed by atoms with Gasteiger partial charge in [0.15, 0.2) is 0 Å². The zero-order valence-corrected chi connectivity index (χ0v) is 19.5. The van der Waals surface area contributed by atoms with Crippen molar-refractivity contribution < 1.29 is 13.4 Å². The van der Waals surface area contributed by atoms with E-state index in [0.29, 0.717) is 41.4 Å². The van der Waals surface area contributed by atoms with Crippen molar-refractivity contribution in [1.29, 1.82) is 5.26 Å². The number of hydrogen-bond acceptors (Lipinski definition) is 5. The van der Waals surface area contributed by atoms with E-state index in [0.717, 1.165) is 0 Å². The highest BCUT2D eigenvalue weighted by Crippen LogP contribution is 2.32. The number of amides is 1. The molecule has 1 saturated heterocycles. The molecule has 1 fully saturated rings. The minimum atomic E-state index is -3.18. The van der Waals surface area contributed by atoms with Crippen LogP contribution in [0.3, 0.4) is 0 Å². The molecule has 0 radical (unpaired) electrons. The Balaban J connectivity index is 1.99. The number of halogens is 1. The number of rotatable bonds is 6. The van der Waals surface area contributed by atoms with Crippen LogP contribution in [0.4, 0.5) is 4.39 Å². The van der Waals surface area contributed by atoms with Crippen molar-refractivity contribution in [3.63, 3.8) is 0 Å². The zero-order valence-electron chi connectivity index (χ0n) is 18.7. The summed E-state index contributed by atoms with van der Waals surface area (Å²) in [5.41, 5.74) is 2.47. The minimum Gasteiger partial charge on any atom is -0.298 e. The Kier molecular flexibility index (Phi) is 7.08. The molecule has 3 rings (SSSR count). The van der Waals surface area contributed by atoms with Gasteiger partial charge in [-0.1, -0.05) is 13.8 Å². The molecule has 1 aromatic carbocycles. The normalized spacial score (nSPS) is 16.5. The smallest absolute Gasteiger partial charge is 0.259 e. The van der Waals surface area contributed by atoms with Gasteiger partial charge in [-0.05, 0) is 66.3 Å². The second-order valence-corrected chi connectivity index (χ2v) is 10.7. The van der Waals surface area contributed by atoms with Gasteiger partial charge in [-0.15, -0.1) is 4.36 Å². The lowest BCUT2D eigenvalue weighted by Crippen LogP contribution is -2.58. The van der Waals surface area contributed by atoms with Crippen molar-refractivity contribution in [2.45, 2.75) is 51.3 Å². The Labute approximate surface area is 188 Å². The molecular weight excluding hydrogens is 429 g/mol. The molecular formula is C23H28FN5O2S. The van der Waals surface area contributed by atoms with Crippen LogP contribution < -0.4 is 5.14 Å². The SMILES string of the molecule is CC(C)c1cc(F)cc(-c2ccnc(C#N)c2)c1CC(=O)N=S(N)(=O)C1CN(C(C)C)C1. The van der Waals surface area contributed by atoms with Crippen LogP contribution >= 0.6 is 0 Å². The number of carbonyl (C=O) groups is 1. The highest BCUT2D eigenvalue weighted by molar-refractivity contribution is 7.92. The van der Waals surface area contributed by atoms with E-state index in [9.17, 15) is 18.7 Å².